The summed E-state index contributed by atoms with van der Waals surface area (Å²) >= 11 is 0. The number of ether oxygens (including phenoxy) is 1. The summed E-state index contributed by atoms with van der Waals surface area (Å²) in [6.45, 7) is 5.63. The Bertz CT molecular complexity index is 821. The lowest BCUT2D eigenvalue weighted by atomic mass is 10.2. The molecule has 0 atom stereocenters. The fourth-order valence-electron chi connectivity index (χ4n) is 2.51. The Labute approximate surface area is 159 Å². The lowest BCUT2D eigenvalue weighted by Gasteiger charge is -2.21. The molecular formula is C21H23N3O3. The summed E-state index contributed by atoms with van der Waals surface area (Å²) in [5, 5.41) is 11.6. The molecule has 0 radical (unpaired) electrons. The van der Waals surface area contributed by atoms with Crippen LogP contribution in [-0.4, -0.2) is 24.5 Å². The van der Waals surface area contributed by atoms with Crippen molar-refractivity contribution < 1.29 is 14.3 Å². The number of carbonyl (C=O) groups excluding carboxylic acids is 2. The number of amides is 2. The monoisotopic (exact) mass is 365 g/mol. The zero-order valence-electron chi connectivity index (χ0n) is 15.7. The van der Waals surface area contributed by atoms with Crippen molar-refractivity contribution in [3.63, 3.8) is 0 Å². The van der Waals surface area contributed by atoms with Gasteiger partial charge in [0.2, 0.25) is 11.8 Å². The number of hydrogen-bond acceptors (Lipinski definition) is 4. The molecule has 27 heavy (non-hydrogen) atoms. The van der Waals surface area contributed by atoms with E-state index in [9.17, 15) is 9.59 Å². The molecule has 2 aromatic rings. The largest absolute Gasteiger partial charge is 0.491 e. The Morgan fingerprint density at radius 2 is 1.74 bits per heavy atom. The number of rotatable bonds is 7. The maximum absolute atomic E-state index is 12.2. The second kappa shape index (κ2) is 9.39. The summed E-state index contributed by atoms with van der Waals surface area (Å²) in [5.41, 5.74) is 1.86. The molecule has 2 aromatic carbocycles. The van der Waals surface area contributed by atoms with Crippen molar-refractivity contribution in [1.29, 1.82) is 5.26 Å². The van der Waals surface area contributed by atoms with Crippen molar-refractivity contribution >= 4 is 23.2 Å². The molecule has 6 nitrogen and oxygen atoms in total. The molecule has 2 rings (SSSR count). The minimum atomic E-state index is -0.203. The second-order valence-electron chi connectivity index (χ2n) is 6.32. The number of carbonyl (C=O) groups is 2. The van der Waals surface area contributed by atoms with Gasteiger partial charge in [-0.15, -0.1) is 0 Å². The molecule has 2 amide bonds. The first kappa shape index (κ1) is 20.0. The first-order valence-electron chi connectivity index (χ1n) is 8.74. The predicted molar refractivity (Wildman–Crippen MR) is 105 cm³/mol. The Morgan fingerprint density at radius 3 is 2.26 bits per heavy atom. The van der Waals surface area contributed by atoms with E-state index in [0.29, 0.717) is 16.9 Å². The molecule has 0 aliphatic carbocycles. The van der Waals surface area contributed by atoms with Gasteiger partial charge in [-0.05, 0) is 62.4 Å². The van der Waals surface area contributed by atoms with Gasteiger partial charge in [-0.25, -0.2) is 0 Å². The van der Waals surface area contributed by atoms with Crippen LogP contribution in [0.3, 0.4) is 0 Å². The molecule has 1 N–H and O–H groups in total. The first-order valence-corrected chi connectivity index (χ1v) is 8.74. The summed E-state index contributed by atoms with van der Waals surface area (Å²) in [5.74, 6) is 0.389. The molecule has 140 valence electrons. The van der Waals surface area contributed by atoms with E-state index < -0.39 is 0 Å². The molecule has 0 bridgehead atoms. The van der Waals surface area contributed by atoms with Crippen molar-refractivity contribution in [2.24, 2.45) is 0 Å². The first-order chi connectivity index (χ1) is 12.9. The SMILES string of the molecule is CC(=O)N(CCC(=O)Nc1ccc(C#N)cc1)c1ccc(OC(C)C)cc1. The van der Waals surface area contributed by atoms with Gasteiger partial charge < -0.3 is 15.0 Å². The average Bonchev–Trinajstić information content (AvgIpc) is 2.63. The Morgan fingerprint density at radius 1 is 1.11 bits per heavy atom. The van der Waals surface area contributed by atoms with Gasteiger partial charge in [0.05, 0.1) is 17.7 Å². The minimum Gasteiger partial charge on any atom is -0.491 e. The van der Waals surface area contributed by atoms with Gasteiger partial charge in [0.15, 0.2) is 0 Å². The van der Waals surface area contributed by atoms with Crippen LogP contribution in [0.15, 0.2) is 48.5 Å². The molecule has 0 saturated carbocycles. The molecule has 0 aliphatic heterocycles. The third kappa shape index (κ3) is 6.15. The molecule has 0 unspecified atom stereocenters. The van der Waals surface area contributed by atoms with Crippen LogP contribution in [0, 0.1) is 11.3 Å². The highest BCUT2D eigenvalue weighted by atomic mass is 16.5. The van der Waals surface area contributed by atoms with Crippen LogP contribution in [0.1, 0.15) is 32.8 Å². The fraction of sp³-hybridized carbons (Fsp3) is 0.286. The second-order valence-corrected chi connectivity index (χ2v) is 6.32. The van der Waals surface area contributed by atoms with E-state index in [1.807, 2.05) is 32.0 Å². The molecule has 0 saturated heterocycles. The summed E-state index contributed by atoms with van der Waals surface area (Å²) in [7, 11) is 0. The van der Waals surface area contributed by atoms with Crippen LogP contribution in [-0.2, 0) is 9.59 Å². The van der Waals surface area contributed by atoms with Crippen molar-refractivity contribution in [2.75, 3.05) is 16.8 Å². The fourth-order valence-corrected chi connectivity index (χ4v) is 2.51. The van der Waals surface area contributed by atoms with E-state index in [4.69, 9.17) is 10.00 Å². The third-order valence-electron chi connectivity index (χ3n) is 3.76. The number of hydrogen-bond donors (Lipinski definition) is 1. The van der Waals surface area contributed by atoms with Crippen LogP contribution in [0.25, 0.3) is 0 Å². The normalized spacial score (nSPS) is 10.2. The van der Waals surface area contributed by atoms with Crippen LogP contribution in [0.4, 0.5) is 11.4 Å². The van der Waals surface area contributed by atoms with Gasteiger partial charge in [0.25, 0.3) is 0 Å². The highest BCUT2D eigenvalue weighted by Gasteiger charge is 2.14. The number of nitriles is 1. The predicted octanol–water partition coefficient (Wildman–Crippen LogP) is 3.73. The van der Waals surface area contributed by atoms with Gasteiger partial charge in [-0.2, -0.15) is 5.26 Å². The molecule has 0 spiro atoms. The van der Waals surface area contributed by atoms with Crippen molar-refractivity contribution in [2.45, 2.75) is 33.3 Å². The van der Waals surface area contributed by atoms with E-state index in [-0.39, 0.29) is 30.9 Å². The van der Waals surface area contributed by atoms with Gasteiger partial charge >= 0.3 is 0 Å². The summed E-state index contributed by atoms with van der Waals surface area (Å²) in [6.07, 6.45) is 0.231. The summed E-state index contributed by atoms with van der Waals surface area (Å²) < 4.78 is 5.60. The van der Waals surface area contributed by atoms with Crippen molar-refractivity contribution in [1.82, 2.24) is 0 Å². The standard InChI is InChI=1S/C21H23N3O3/c1-15(2)27-20-10-8-19(9-11-20)24(16(3)25)13-12-21(26)23-18-6-4-17(14-22)5-7-18/h4-11,15H,12-13H2,1-3H3,(H,23,26). The van der Waals surface area contributed by atoms with E-state index in [1.165, 1.54) is 6.92 Å². The van der Waals surface area contributed by atoms with E-state index in [1.54, 1.807) is 41.3 Å². The molecule has 0 fully saturated rings. The van der Waals surface area contributed by atoms with E-state index in [2.05, 4.69) is 5.32 Å². The third-order valence-corrected chi connectivity index (χ3v) is 3.76. The zero-order chi connectivity index (χ0) is 19.8. The molecule has 0 aliphatic rings. The van der Waals surface area contributed by atoms with E-state index >= 15 is 0 Å². The Kier molecular flexibility index (Phi) is 6.95. The van der Waals surface area contributed by atoms with Crippen molar-refractivity contribution in [3.8, 4) is 11.8 Å². The number of nitrogens with one attached hydrogen (secondary N) is 1. The van der Waals surface area contributed by atoms with Gasteiger partial charge in [0, 0.05) is 31.3 Å². The molecule has 0 heterocycles. The topological polar surface area (TPSA) is 82.4 Å². The quantitative estimate of drug-likeness (QED) is 0.810. The van der Waals surface area contributed by atoms with Crippen LogP contribution >= 0.6 is 0 Å². The lowest BCUT2D eigenvalue weighted by Crippen LogP contribution is -2.31. The number of benzene rings is 2. The number of anilines is 2. The van der Waals surface area contributed by atoms with Gasteiger partial charge in [0.1, 0.15) is 5.75 Å². The highest BCUT2D eigenvalue weighted by molar-refractivity contribution is 5.94. The zero-order valence-corrected chi connectivity index (χ0v) is 15.7. The van der Waals surface area contributed by atoms with Crippen LogP contribution < -0.4 is 15.0 Å². The maximum atomic E-state index is 12.2. The maximum Gasteiger partial charge on any atom is 0.226 e. The van der Waals surface area contributed by atoms with E-state index in [0.717, 1.165) is 5.75 Å². The summed E-state index contributed by atoms with van der Waals surface area (Å²) in [6, 6.07) is 15.9. The minimum absolute atomic E-state index is 0.0747. The van der Waals surface area contributed by atoms with Gasteiger partial charge in [-0.3, -0.25) is 9.59 Å². The summed E-state index contributed by atoms with van der Waals surface area (Å²) in [4.78, 5) is 25.7. The van der Waals surface area contributed by atoms with Gasteiger partial charge in [-0.1, -0.05) is 0 Å². The Balaban J connectivity index is 1.96. The van der Waals surface area contributed by atoms with Crippen LogP contribution in [0.2, 0.25) is 0 Å². The molecule has 0 aromatic heterocycles. The molecule has 6 heteroatoms. The highest BCUT2D eigenvalue weighted by Crippen LogP contribution is 2.21. The smallest absolute Gasteiger partial charge is 0.226 e. The average molecular weight is 365 g/mol. The Hall–Kier alpha value is -3.33. The lowest BCUT2D eigenvalue weighted by molar-refractivity contribution is -0.117. The number of nitrogens with zero attached hydrogens (tertiary/aromatic N) is 2. The molecular weight excluding hydrogens is 342 g/mol. The van der Waals surface area contributed by atoms with Crippen LogP contribution in [0.5, 0.6) is 5.75 Å². The van der Waals surface area contributed by atoms with Crippen molar-refractivity contribution in [3.05, 3.63) is 54.1 Å².